The second-order valence-corrected chi connectivity index (χ2v) is 10.2. The Morgan fingerprint density at radius 3 is 2.03 bits per heavy atom. The number of sulfonamides is 1. The fourth-order valence-electron chi connectivity index (χ4n) is 3.34. The average molecular weight is 457 g/mol. The van der Waals surface area contributed by atoms with E-state index in [0.717, 1.165) is 9.87 Å². The van der Waals surface area contributed by atoms with Gasteiger partial charge < -0.3 is 5.32 Å². The van der Waals surface area contributed by atoms with Crippen molar-refractivity contribution in [3.63, 3.8) is 0 Å². The molecular formula is C24H25ClN2O3S. The molecule has 0 unspecified atom stereocenters. The molecule has 0 aliphatic carbocycles. The van der Waals surface area contributed by atoms with Gasteiger partial charge in [-0.2, -0.15) is 0 Å². The molecule has 162 valence electrons. The summed E-state index contributed by atoms with van der Waals surface area (Å²) in [5, 5.41) is 3.41. The molecule has 1 N–H and O–H groups in total. The molecule has 5 nitrogen and oxygen atoms in total. The summed E-state index contributed by atoms with van der Waals surface area (Å²) in [6.45, 7) is 3.49. The molecule has 1 amide bonds. The molecule has 31 heavy (non-hydrogen) atoms. The molecule has 0 aromatic heterocycles. The van der Waals surface area contributed by atoms with E-state index >= 15 is 0 Å². The molecule has 0 radical (unpaired) electrons. The van der Waals surface area contributed by atoms with Gasteiger partial charge in [-0.25, -0.2) is 8.42 Å². The zero-order chi connectivity index (χ0) is 22.5. The summed E-state index contributed by atoms with van der Waals surface area (Å²) in [5.74, 6) is -0.387. The largest absolute Gasteiger partial charge is 0.349 e. The van der Waals surface area contributed by atoms with E-state index in [1.54, 1.807) is 30.3 Å². The van der Waals surface area contributed by atoms with Gasteiger partial charge in [-0.15, -0.1) is 0 Å². The second-order valence-electron chi connectivity index (χ2n) is 7.90. The minimum atomic E-state index is -3.97. The van der Waals surface area contributed by atoms with E-state index in [0.29, 0.717) is 17.1 Å². The summed E-state index contributed by atoms with van der Waals surface area (Å²) < 4.78 is 27.8. The first-order chi connectivity index (χ1) is 14.7. The van der Waals surface area contributed by atoms with Gasteiger partial charge in [0, 0.05) is 10.6 Å². The van der Waals surface area contributed by atoms with Gasteiger partial charge >= 0.3 is 0 Å². The highest BCUT2D eigenvalue weighted by Gasteiger charge is 2.29. The van der Waals surface area contributed by atoms with Gasteiger partial charge in [-0.05, 0) is 62.2 Å². The highest BCUT2D eigenvalue weighted by Crippen LogP contribution is 2.24. The lowest BCUT2D eigenvalue weighted by Gasteiger charge is -2.29. The maximum atomic E-state index is 13.3. The number of hydrogen-bond acceptors (Lipinski definition) is 3. The first kappa shape index (κ1) is 22.8. The van der Waals surface area contributed by atoms with E-state index in [4.69, 9.17) is 11.6 Å². The fraction of sp³-hybridized carbons (Fsp3) is 0.208. The lowest BCUT2D eigenvalue weighted by Crippen LogP contribution is -2.50. The Labute approximate surface area is 188 Å². The second kappa shape index (κ2) is 9.54. The van der Waals surface area contributed by atoms with Crippen molar-refractivity contribution in [2.24, 2.45) is 0 Å². The monoisotopic (exact) mass is 456 g/mol. The minimum absolute atomic E-state index is 0.0668. The van der Waals surface area contributed by atoms with Crippen molar-refractivity contribution in [1.82, 2.24) is 5.32 Å². The highest BCUT2D eigenvalue weighted by atomic mass is 35.5. The van der Waals surface area contributed by atoms with Crippen molar-refractivity contribution in [1.29, 1.82) is 0 Å². The molecule has 0 aliphatic heterocycles. The molecule has 0 saturated carbocycles. The molecule has 7 heteroatoms. The van der Waals surface area contributed by atoms with E-state index in [9.17, 15) is 13.2 Å². The maximum absolute atomic E-state index is 13.3. The number of hydrogen-bond donors (Lipinski definition) is 1. The zero-order valence-electron chi connectivity index (χ0n) is 17.5. The van der Waals surface area contributed by atoms with Gasteiger partial charge in [0.15, 0.2) is 0 Å². The van der Waals surface area contributed by atoms with E-state index in [1.165, 1.54) is 24.3 Å². The number of nitrogens with one attached hydrogen (secondary N) is 1. The highest BCUT2D eigenvalue weighted by molar-refractivity contribution is 7.92. The van der Waals surface area contributed by atoms with Crippen molar-refractivity contribution >= 4 is 33.2 Å². The Balaban J connectivity index is 1.83. The van der Waals surface area contributed by atoms with Crippen LogP contribution in [0.2, 0.25) is 5.02 Å². The van der Waals surface area contributed by atoms with Crippen LogP contribution in [-0.4, -0.2) is 26.4 Å². The topological polar surface area (TPSA) is 66.5 Å². The Kier molecular flexibility index (Phi) is 7.03. The number of para-hydroxylation sites is 1. The quantitative estimate of drug-likeness (QED) is 0.535. The minimum Gasteiger partial charge on any atom is -0.349 e. The molecule has 0 aliphatic rings. The van der Waals surface area contributed by atoms with E-state index in [1.807, 2.05) is 44.2 Å². The van der Waals surface area contributed by atoms with Crippen LogP contribution in [0, 0.1) is 0 Å². The van der Waals surface area contributed by atoms with Crippen LogP contribution in [0.1, 0.15) is 19.4 Å². The van der Waals surface area contributed by atoms with Gasteiger partial charge in [0.25, 0.3) is 10.0 Å². The summed E-state index contributed by atoms with van der Waals surface area (Å²) in [4.78, 5) is 13.0. The molecule has 0 heterocycles. The Morgan fingerprint density at radius 1 is 0.903 bits per heavy atom. The standard InChI is InChI=1S/C24H25ClN2O3S/c1-24(2,17-19-9-5-3-6-10-19)26-23(28)18-27(21-11-7-4-8-12-21)31(29,30)22-15-13-20(25)14-16-22/h3-16H,17-18H2,1-2H3,(H,26,28). The van der Waals surface area contributed by atoms with Crippen molar-refractivity contribution in [2.75, 3.05) is 10.8 Å². The Bertz CT molecular complexity index is 1120. The lowest BCUT2D eigenvalue weighted by atomic mass is 9.95. The molecule has 0 atom stereocenters. The number of nitrogens with zero attached hydrogens (tertiary/aromatic N) is 1. The van der Waals surface area contributed by atoms with Gasteiger partial charge in [0.1, 0.15) is 6.54 Å². The number of rotatable bonds is 8. The molecule has 3 aromatic carbocycles. The third-order valence-electron chi connectivity index (χ3n) is 4.70. The third kappa shape index (κ3) is 6.09. The molecule has 3 rings (SSSR count). The van der Waals surface area contributed by atoms with Gasteiger partial charge in [0.2, 0.25) is 5.91 Å². The summed E-state index contributed by atoms with van der Waals surface area (Å²) in [7, 11) is -3.97. The smallest absolute Gasteiger partial charge is 0.264 e. The van der Waals surface area contributed by atoms with Gasteiger partial charge in [-0.3, -0.25) is 9.10 Å². The Morgan fingerprint density at radius 2 is 1.45 bits per heavy atom. The number of halogens is 1. The van der Waals surface area contributed by atoms with Crippen LogP contribution < -0.4 is 9.62 Å². The molecule has 0 bridgehead atoms. The van der Waals surface area contributed by atoms with E-state index in [2.05, 4.69) is 5.32 Å². The summed E-state index contributed by atoms with van der Waals surface area (Å²) in [6.07, 6.45) is 0.620. The predicted octanol–water partition coefficient (Wildman–Crippen LogP) is 4.67. The zero-order valence-corrected chi connectivity index (χ0v) is 19.0. The molecule has 0 fully saturated rings. The van der Waals surface area contributed by atoms with Crippen LogP contribution >= 0.6 is 11.6 Å². The SMILES string of the molecule is CC(C)(Cc1ccccc1)NC(=O)CN(c1ccccc1)S(=O)(=O)c1ccc(Cl)cc1. The number of anilines is 1. The molecule has 3 aromatic rings. The van der Waals surface area contributed by atoms with E-state index < -0.39 is 15.6 Å². The average Bonchev–Trinajstić information content (AvgIpc) is 2.73. The van der Waals surface area contributed by atoms with Crippen LogP contribution in [0.25, 0.3) is 0 Å². The van der Waals surface area contributed by atoms with Crippen LogP contribution in [-0.2, 0) is 21.2 Å². The predicted molar refractivity (Wildman–Crippen MR) is 125 cm³/mol. The van der Waals surface area contributed by atoms with E-state index in [-0.39, 0.29) is 17.3 Å². The summed E-state index contributed by atoms with van der Waals surface area (Å²) in [6, 6.07) is 24.3. The number of carbonyl (C=O) groups is 1. The van der Waals surface area contributed by atoms with Crippen LogP contribution in [0.5, 0.6) is 0 Å². The van der Waals surface area contributed by atoms with Crippen molar-refractivity contribution in [3.05, 3.63) is 95.5 Å². The van der Waals surface area contributed by atoms with Crippen molar-refractivity contribution in [2.45, 2.75) is 30.7 Å². The number of carbonyl (C=O) groups excluding carboxylic acids is 1. The molecular weight excluding hydrogens is 432 g/mol. The van der Waals surface area contributed by atoms with Crippen molar-refractivity contribution in [3.8, 4) is 0 Å². The first-order valence-electron chi connectivity index (χ1n) is 9.86. The Hall–Kier alpha value is -2.83. The molecule has 0 spiro atoms. The third-order valence-corrected chi connectivity index (χ3v) is 6.74. The van der Waals surface area contributed by atoms with Crippen molar-refractivity contribution < 1.29 is 13.2 Å². The number of amides is 1. The van der Waals surface area contributed by atoms with Crippen LogP contribution in [0.3, 0.4) is 0 Å². The first-order valence-corrected chi connectivity index (χ1v) is 11.7. The fourth-order valence-corrected chi connectivity index (χ4v) is 4.89. The number of benzene rings is 3. The lowest BCUT2D eigenvalue weighted by molar-refractivity contribution is -0.121. The molecule has 0 saturated heterocycles. The van der Waals surface area contributed by atoms with Gasteiger partial charge in [-0.1, -0.05) is 60.1 Å². The summed E-state index contributed by atoms with van der Waals surface area (Å²) in [5.41, 5.74) is 0.945. The normalized spacial score (nSPS) is 11.7. The van der Waals surface area contributed by atoms with Crippen LogP contribution in [0.4, 0.5) is 5.69 Å². The maximum Gasteiger partial charge on any atom is 0.264 e. The summed E-state index contributed by atoms with van der Waals surface area (Å²) >= 11 is 5.91. The van der Waals surface area contributed by atoms with Gasteiger partial charge in [0.05, 0.1) is 10.6 Å². The van der Waals surface area contributed by atoms with Crippen LogP contribution in [0.15, 0.2) is 89.8 Å².